The van der Waals surface area contributed by atoms with E-state index in [4.69, 9.17) is 0 Å². The van der Waals surface area contributed by atoms with Crippen molar-refractivity contribution < 1.29 is 0 Å². The molecular weight excluding hydrogens is 131 g/mol. The summed E-state index contributed by atoms with van der Waals surface area (Å²) in [7, 11) is -0.898. The summed E-state index contributed by atoms with van der Waals surface area (Å²) < 4.78 is 0. The van der Waals surface area contributed by atoms with Crippen LogP contribution in [0.5, 0.6) is 0 Å². The molecule has 0 saturated heterocycles. The zero-order valence-electron chi connectivity index (χ0n) is 7.39. The largest absolute Gasteiger partial charge is 0.0804 e. The van der Waals surface area contributed by atoms with Gasteiger partial charge < -0.3 is 0 Å². The maximum atomic E-state index is 2.40. The first-order valence-electron chi connectivity index (χ1n) is 3.46. The fourth-order valence-electron chi connectivity index (χ4n) is 1.01. The molecule has 0 spiro atoms. The minimum absolute atomic E-state index is 0. The molecule has 1 aliphatic rings. The Morgan fingerprint density at radius 3 is 1.60 bits per heavy atom. The minimum Gasteiger partial charge on any atom is -0.0804 e. The Bertz CT molecular complexity index is 141. The molecule has 0 bridgehead atoms. The van der Waals surface area contributed by atoms with Crippen LogP contribution in [0.1, 0.15) is 0 Å². The van der Waals surface area contributed by atoms with Crippen molar-refractivity contribution in [3.05, 3.63) is 24.3 Å². The molecule has 0 aromatic rings. The average molecular weight is 145 g/mol. The van der Waals surface area contributed by atoms with Crippen LogP contribution >= 0.6 is 0 Å². The first kappa shape index (κ1) is 10.3. The van der Waals surface area contributed by atoms with Gasteiger partial charge in [-0.25, -0.2) is 0 Å². The van der Waals surface area contributed by atoms with Crippen molar-refractivity contribution in [2.75, 3.05) is 0 Å². The van der Waals surface area contributed by atoms with Crippen molar-refractivity contribution in [2.45, 2.75) is 25.2 Å². The van der Waals surface area contributed by atoms with Gasteiger partial charge in [-0.05, 0) is 5.54 Å². The fraction of sp³-hybridized carbons (Fsp3) is 0.500. The second-order valence-corrected chi connectivity index (χ2v) is 9.06. The molecule has 1 radical (unpaired) electrons. The van der Waals surface area contributed by atoms with E-state index in [0.29, 0.717) is 0 Å². The van der Waals surface area contributed by atoms with Crippen LogP contribution in [0.15, 0.2) is 24.3 Å². The summed E-state index contributed by atoms with van der Waals surface area (Å²) in [6.45, 7) is 7.20. The molecule has 0 heterocycles. The molecule has 0 aliphatic heterocycles. The maximum Gasteiger partial charge on any atom is 0.0558 e. The number of hydrogen-bond donors (Lipinski definition) is 0. The normalized spacial score (nSPS) is 17.5. The summed E-state index contributed by atoms with van der Waals surface area (Å²) in [5.41, 5.74) is 0.789. The first-order valence-corrected chi connectivity index (χ1v) is 7.03. The quantitative estimate of drug-likeness (QED) is 0.497. The van der Waals surface area contributed by atoms with Gasteiger partial charge in [-0.3, -0.25) is 0 Å². The van der Waals surface area contributed by atoms with Crippen LogP contribution in [-0.2, 0) is 0 Å². The van der Waals surface area contributed by atoms with E-state index in [1.807, 2.05) is 0 Å². The molecule has 0 atom stereocenters. The summed E-state index contributed by atoms with van der Waals surface area (Å²) in [5, 5.41) is 0. The second kappa shape index (κ2) is 3.62. The zero-order valence-corrected chi connectivity index (χ0v) is 8.39. The third-order valence-corrected chi connectivity index (χ3v) is 4.13. The van der Waals surface area contributed by atoms with E-state index in [2.05, 4.69) is 43.9 Å². The molecule has 51 valence electrons. The van der Waals surface area contributed by atoms with E-state index < -0.39 is 8.07 Å². The van der Waals surface area contributed by atoms with Gasteiger partial charge in [-0.1, -0.05) is 43.9 Å². The molecule has 0 unspecified atom stereocenters. The Morgan fingerprint density at radius 2 is 1.40 bits per heavy atom. The molecule has 1 rings (SSSR count). The van der Waals surface area contributed by atoms with Crippen molar-refractivity contribution in [1.82, 2.24) is 0 Å². The summed E-state index contributed by atoms with van der Waals surface area (Å²) in [5.74, 6) is 0. The van der Waals surface area contributed by atoms with Gasteiger partial charge in [-0.2, -0.15) is 0 Å². The summed E-state index contributed by atoms with van der Waals surface area (Å²) in [6, 6.07) is 0. The molecule has 0 fully saturated rings. The van der Waals surface area contributed by atoms with E-state index in [1.54, 1.807) is 0 Å². The van der Waals surface area contributed by atoms with Crippen LogP contribution in [0.3, 0.4) is 0 Å². The van der Waals surface area contributed by atoms with Crippen LogP contribution in [0.25, 0.3) is 0 Å². The second-order valence-electron chi connectivity index (χ2n) is 3.66. The topological polar surface area (TPSA) is 0 Å². The smallest absolute Gasteiger partial charge is 0.0558 e. The van der Waals surface area contributed by atoms with Gasteiger partial charge >= 0.3 is 0 Å². The van der Waals surface area contributed by atoms with E-state index in [9.17, 15) is 0 Å². The van der Waals surface area contributed by atoms with E-state index in [1.165, 1.54) is 0 Å². The first-order chi connectivity index (χ1) is 4.11. The van der Waals surface area contributed by atoms with Crippen LogP contribution in [-0.4, -0.2) is 26.9 Å². The molecule has 0 amide bonds. The third-order valence-electron chi connectivity index (χ3n) is 1.75. The van der Waals surface area contributed by atoms with Crippen LogP contribution in [0, 0.1) is 0 Å². The van der Waals surface area contributed by atoms with Gasteiger partial charge in [-0.15, -0.1) is 0 Å². The van der Waals surface area contributed by atoms with Crippen molar-refractivity contribution in [3.8, 4) is 0 Å². The van der Waals surface area contributed by atoms with Gasteiger partial charge in [0.2, 0.25) is 0 Å². The Hall–Kier alpha value is 0.294. The third kappa shape index (κ3) is 2.50. The fourth-order valence-corrected chi connectivity index (χ4v) is 2.39. The van der Waals surface area contributed by atoms with Crippen LogP contribution in [0.2, 0.25) is 25.2 Å². The minimum atomic E-state index is -0.898. The molecule has 0 aromatic heterocycles. The zero-order chi connectivity index (χ0) is 6.91. The van der Waals surface area contributed by atoms with Gasteiger partial charge in [0, 0.05) is 18.9 Å². The van der Waals surface area contributed by atoms with Crippen LogP contribution < -0.4 is 0 Å². The Labute approximate surface area is 76.6 Å². The summed E-state index contributed by atoms with van der Waals surface area (Å²) in [6.07, 6.45) is 8.93. The molecule has 0 N–H and O–H groups in total. The predicted octanol–water partition coefficient (Wildman–Crippen LogP) is 2.44. The van der Waals surface area contributed by atoms with Crippen LogP contribution in [0.4, 0.5) is 0 Å². The van der Waals surface area contributed by atoms with Crippen molar-refractivity contribution in [1.29, 1.82) is 0 Å². The van der Waals surface area contributed by atoms with E-state index in [-0.39, 0.29) is 18.9 Å². The van der Waals surface area contributed by atoms with Gasteiger partial charge in [0.25, 0.3) is 0 Å². The molecule has 0 saturated carbocycles. The summed E-state index contributed by atoms with van der Waals surface area (Å²) in [4.78, 5) is 0. The van der Waals surface area contributed by atoms with Crippen molar-refractivity contribution in [2.24, 2.45) is 0 Å². The average Bonchev–Trinajstić information content (AvgIpc) is 2.08. The molecule has 0 aromatic carbocycles. The Balaban J connectivity index is 0.000000810. The molecule has 2 heteroatoms. The molecule has 0 nitrogen and oxygen atoms in total. The SMILES string of the molecule is C[Si](C)(C)C1C=CC=C1.[Li]. The Morgan fingerprint density at radius 1 is 1.00 bits per heavy atom. The number of hydrogen-bond acceptors (Lipinski definition) is 0. The predicted molar refractivity (Wildman–Crippen MR) is 51.1 cm³/mol. The monoisotopic (exact) mass is 145 g/mol. The number of allylic oxidation sites excluding steroid dienone is 4. The Kier molecular flexibility index (Phi) is 3.72. The maximum absolute atomic E-state index is 2.40. The molecular formula is C8H14LiSi. The van der Waals surface area contributed by atoms with E-state index >= 15 is 0 Å². The summed E-state index contributed by atoms with van der Waals surface area (Å²) >= 11 is 0. The molecule has 1 aliphatic carbocycles. The van der Waals surface area contributed by atoms with Gasteiger partial charge in [0.15, 0.2) is 0 Å². The molecule has 10 heavy (non-hydrogen) atoms. The number of rotatable bonds is 1. The van der Waals surface area contributed by atoms with Crippen molar-refractivity contribution >= 4 is 26.9 Å². The standard InChI is InChI=1S/C8H14Si.Li/c1-9(2,3)8-6-4-5-7-8;/h4-8H,1-3H3;. The van der Waals surface area contributed by atoms with E-state index in [0.717, 1.165) is 5.54 Å². The van der Waals surface area contributed by atoms with Gasteiger partial charge in [0.05, 0.1) is 8.07 Å². The van der Waals surface area contributed by atoms with Gasteiger partial charge in [0.1, 0.15) is 0 Å². The van der Waals surface area contributed by atoms with Crippen molar-refractivity contribution in [3.63, 3.8) is 0 Å².